The van der Waals surface area contributed by atoms with Crippen LogP contribution in [0.25, 0.3) is 0 Å². The molecule has 0 aromatic heterocycles. The molecule has 1 fully saturated rings. The lowest BCUT2D eigenvalue weighted by molar-refractivity contribution is 0.0981. The Morgan fingerprint density at radius 2 is 2.05 bits per heavy atom. The highest BCUT2D eigenvalue weighted by Gasteiger charge is 2.16. The number of Topliss-reactive ketones (excluding diaryl/α,β-unsaturated/α-hetero) is 1. The van der Waals surface area contributed by atoms with E-state index in [-0.39, 0.29) is 5.78 Å². The van der Waals surface area contributed by atoms with E-state index in [1.807, 2.05) is 25.1 Å². The number of ketones is 1. The number of ether oxygens (including phenoxy) is 1. The van der Waals surface area contributed by atoms with Crippen LogP contribution in [-0.2, 0) is 0 Å². The molecule has 1 aromatic rings. The number of aryl methyl sites for hydroxylation is 1. The van der Waals surface area contributed by atoms with Crippen LogP contribution in [0.3, 0.4) is 0 Å². The van der Waals surface area contributed by atoms with Crippen LogP contribution in [0.1, 0.15) is 48.0 Å². The number of hydrogen-bond donors (Lipinski definition) is 1. The Morgan fingerprint density at radius 3 is 2.74 bits per heavy atom. The molecular weight excluding hydrogens is 238 g/mol. The fourth-order valence-electron chi connectivity index (χ4n) is 2.68. The Kier molecular flexibility index (Phi) is 4.97. The van der Waals surface area contributed by atoms with Crippen LogP contribution < -0.4 is 10.1 Å². The predicted octanol–water partition coefficient (Wildman–Crippen LogP) is 3.11. The first-order valence-corrected chi connectivity index (χ1v) is 7.12. The van der Waals surface area contributed by atoms with Crippen LogP contribution >= 0.6 is 0 Å². The van der Waals surface area contributed by atoms with Gasteiger partial charge in [-0.3, -0.25) is 4.79 Å². The first-order chi connectivity index (χ1) is 9.20. The van der Waals surface area contributed by atoms with Crippen molar-refractivity contribution in [2.75, 3.05) is 13.7 Å². The second-order valence-corrected chi connectivity index (χ2v) is 5.34. The van der Waals surface area contributed by atoms with Gasteiger partial charge in [0.15, 0.2) is 5.78 Å². The van der Waals surface area contributed by atoms with Crippen molar-refractivity contribution in [1.82, 2.24) is 5.32 Å². The highest BCUT2D eigenvalue weighted by Crippen LogP contribution is 2.21. The van der Waals surface area contributed by atoms with Gasteiger partial charge in [-0.25, -0.2) is 0 Å². The van der Waals surface area contributed by atoms with Crippen LogP contribution in [0.4, 0.5) is 0 Å². The zero-order valence-electron chi connectivity index (χ0n) is 11.9. The molecule has 0 bridgehead atoms. The monoisotopic (exact) mass is 261 g/mol. The van der Waals surface area contributed by atoms with Crippen molar-refractivity contribution in [3.8, 4) is 5.75 Å². The van der Waals surface area contributed by atoms with Gasteiger partial charge in [-0.15, -0.1) is 0 Å². The Labute approximate surface area is 115 Å². The van der Waals surface area contributed by atoms with E-state index in [2.05, 4.69) is 5.32 Å². The maximum absolute atomic E-state index is 12.3. The topological polar surface area (TPSA) is 38.3 Å². The number of rotatable bonds is 5. The minimum Gasteiger partial charge on any atom is -0.496 e. The van der Waals surface area contributed by atoms with Gasteiger partial charge in [0.2, 0.25) is 0 Å². The Balaban J connectivity index is 1.97. The number of nitrogens with one attached hydrogen (secondary N) is 1. The highest BCUT2D eigenvalue weighted by molar-refractivity contribution is 6.00. The normalized spacial score (nSPS) is 16.3. The summed E-state index contributed by atoms with van der Waals surface area (Å²) in [5.74, 6) is 0.784. The van der Waals surface area contributed by atoms with E-state index in [1.54, 1.807) is 7.11 Å². The van der Waals surface area contributed by atoms with Gasteiger partial charge in [0.25, 0.3) is 0 Å². The molecule has 3 heteroatoms. The molecule has 0 radical (unpaired) electrons. The molecule has 0 unspecified atom stereocenters. The summed E-state index contributed by atoms with van der Waals surface area (Å²) in [5.41, 5.74) is 1.77. The van der Waals surface area contributed by atoms with Crippen molar-refractivity contribution in [2.45, 2.75) is 45.1 Å². The van der Waals surface area contributed by atoms with Gasteiger partial charge in [0, 0.05) is 6.04 Å². The van der Waals surface area contributed by atoms with Gasteiger partial charge in [-0.2, -0.15) is 0 Å². The summed E-state index contributed by atoms with van der Waals surface area (Å²) >= 11 is 0. The second-order valence-electron chi connectivity index (χ2n) is 5.34. The number of carbonyl (C=O) groups is 1. The van der Waals surface area contributed by atoms with E-state index < -0.39 is 0 Å². The third-order valence-corrected chi connectivity index (χ3v) is 3.81. The van der Waals surface area contributed by atoms with Gasteiger partial charge >= 0.3 is 0 Å². The molecular formula is C16H23NO2. The van der Waals surface area contributed by atoms with Gasteiger partial charge in [0.05, 0.1) is 19.2 Å². The molecule has 0 spiro atoms. The van der Waals surface area contributed by atoms with Crippen LogP contribution in [0.15, 0.2) is 18.2 Å². The molecule has 1 N–H and O–H groups in total. The summed E-state index contributed by atoms with van der Waals surface area (Å²) < 4.78 is 5.26. The van der Waals surface area contributed by atoms with Crippen LogP contribution in [-0.4, -0.2) is 25.5 Å². The third kappa shape index (κ3) is 3.80. The molecule has 19 heavy (non-hydrogen) atoms. The molecule has 0 amide bonds. The van der Waals surface area contributed by atoms with E-state index in [1.165, 1.54) is 32.1 Å². The standard InChI is InChI=1S/C16H23NO2/c1-12-8-9-16(19-2)14(10-12)15(18)11-17-13-6-4-3-5-7-13/h8-10,13,17H,3-7,11H2,1-2H3. The Hall–Kier alpha value is -1.35. The van der Waals surface area contributed by atoms with E-state index in [9.17, 15) is 4.79 Å². The molecule has 2 rings (SSSR count). The van der Waals surface area contributed by atoms with Gasteiger partial charge < -0.3 is 10.1 Å². The third-order valence-electron chi connectivity index (χ3n) is 3.81. The second kappa shape index (κ2) is 6.71. The van der Waals surface area contributed by atoms with Crippen LogP contribution in [0.5, 0.6) is 5.75 Å². The lowest BCUT2D eigenvalue weighted by Gasteiger charge is -2.22. The van der Waals surface area contributed by atoms with E-state index in [0.29, 0.717) is 23.9 Å². The molecule has 1 aromatic carbocycles. The average Bonchev–Trinajstić information content (AvgIpc) is 2.46. The number of hydrogen-bond acceptors (Lipinski definition) is 3. The fraction of sp³-hybridized carbons (Fsp3) is 0.562. The average molecular weight is 261 g/mol. The summed E-state index contributed by atoms with van der Waals surface area (Å²) in [6.45, 7) is 2.40. The highest BCUT2D eigenvalue weighted by atomic mass is 16.5. The first kappa shape index (κ1) is 14.1. The van der Waals surface area contributed by atoms with Gasteiger partial charge in [-0.05, 0) is 31.9 Å². The SMILES string of the molecule is COc1ccc(C)cc1C(=O)CNC1CCCCC1. The van der Waals surface area contributed by atoms with Crippen molar-refractivity contribution in [1.29, 1.82) is 0 Å². The minimum atomic E-state index is 0.117. The first-order valence-electron chi connectivity index (χ1n) is 7.12. The predicted molar refractivity (Wildman–Crippen MR) is 76.9 cm³/mol. The molecule has 0 atom stereocenters. The maximum atomic E-state index is 12.3. The zero-order valence-corrected chi connectivity index (χ0v) is 11.9. The smallest absolute Gasteiger partial charge is 0.180 e. The maximum Gasteiger partial charge on any atom is 0.180 e. The lowest BCUT2D eigenvalue weighted by Crippen LogP contribution is -2.35. The Bertz CT molecular complexity index is 436. The number of methoxy groups -OCH3 is 1. The van der Waals surface area contributed by atoms with Crippen molar-refractivity contribution >= 4 is 5.78 Å². The number of benzene rings is 1. The summed E-state index contributed by atoms with van der Waals surface area (Å²) in [6.07, 6.45) is 6.27. The van der Waals surface area contributed by atoms with E-state index >= 15 is 0 Å². The van der Waals surface area contributed by atoms with Crippen molar-refractivity contribution in [2.24, 2.45) is 0 Å². The van der Waals surface area contributed by atoms with E-state index in [0.717, 1.165) is 5.56 Å². The molecule has 0 saturated heterocycles. The van der Waals surface area contributed by atoms with E-state index in [4.69, 9.17) is 4.74 Å². The zero-order chi connectivity index (χ0) is 13.7. The molecule has 1 aliphatic carbocycles. The number of carbonyl (C=O) groups excluding carboxylic acids is 1. The molecule has 104 valence electrons. The molecule has 3 nitrogen and oxygen atoms in total. The quantitative estimate of drug-likeness (QED) is 0.828. The van der Waals surface area contributed by atoms with Crippen molar-refractivity contribution in [3.05, 3.63) is 29.3 Å². The van der Waals surface area contributed by atoms with Gasteiger partial charge in [-0.1, -0.05) is 30.9 Å². The summed E-state index contributed by atoms with van der Waals surface area (Å²) in [4.78, 5) is 12.3. The molecule has 1 saturated carbocycles. The largest absolute Gasteiger partial charge is 0.496 e. The van der Waals surface area contributed by atoms with Crippen LogP contribution in [0, 0.1) is 6.92 Å². The summed E-state index contributed by atoms with van der Waals surface area (Å²) in [6, 6.07) is 6.24. The fourth-order valence-corrected chi connectivity index (χ4v) is 2.68. The molecule has 0 aliphatic heterocycles. The van der Waals surface area contributed by atoms with Crippen molar-refractivity contribution < 1.29 is 9.53 Å². The lowest BCUT2D eigenvalue weighted by atomic mass is 9.95. The molecule has 1 aliphatic rings. The summed E-state index contributed by atoms with van der Waals surface area (Å²) in [7, 11) is 1.61. The summed E-state index contributed by atoms with van der Waals surface area (Å²) in [5, 5.41) is 3.39. The van der Waals surface area contributed by atoms with Crippen molar-refractivity contribution in [3.63, 3.8) is 0 Å². The molecule has 0 heterocycles. The van der Waals surface area contributed by atoms with Gasteiger partial charge in [0.1, 0.15) is 5.75 Å². The minimum absolute atomic E-state index is 0.117. The Morgan fingerprint density at radius 1 is 1.32 bits per heavy atom. The van der Waals surface area contributed by atoms with Crippen LogP contribution in [0.2, 0.25) is 0 Å².